The van der Waals surface area contributed by atoms with E-state index in [0.717, 1.165) is 29.5 Å². The molecule has 1 aliphatic heterocycles. The van der Waals surface area contributed by atoms with Gasteiger partial charge in [0.05, 0.1) is 17.1 Å². The zero-order valence-corrected chi connectivity index (χ0v) is 24.0. The van der Waals surface area contributed by atoms with Crippen molar-refractivity contribution in [2.75, 3.05) is 10.8 Å². The Bertz CT molecular complexity index is 1420. The number of amides is 1. The number of carbonyl (C=O) groups excluding carboxylic acids is 1. The third-order valence-electron chi connectivity index (χ3n) is 7.11. The number of benzene rings is 3. The molecule has 1 aliphatic rings. The highest BCUT2D eigenvalue weighted by molar-refractivity contribution is 7.92. The summed E-state index contributed by atoms with van der Waals surface area (Å²) < 4.78 is 35.2. The molecule has 0 aromatic heterocycles. The van der Waals surface area contributed by atoms with Gasteiger partial charge in [0.1, 0.15) is 5.75 Å². The molecule has 0 saturated carbocycles. The monoisotopic (exact) mass is 534 g/mol. The first-order valence-electron chi connectivity index (χ1n) is 13.2. The van der Waals surface area contributed by atoms with Gasteiger partial charge in [-0.05, 0) is 71.7 Å². The number of rotatable bonds is 7. The topological polar surface area (TPSA) is 75.7 Å². The van der Waals surface area contributed by atoms with E-state index in [4.69, 9.17) is 4.74 Å². The maximum atomic E-state index is 13.9. The fourth-order valence-corrected chi connectivity index (χ4v) is 6.09. The molecular formula is C31H38N2O4S. The number of ether oxygens (including phenoxy) is 1. The lowest BCUT2D eigenvalue weighted by Crippen LogP contribution is -2.50. The summed E-state index contributed by atoms with van der Waals surface area (Å²) in [4.78, 5) is 13.5. The highest BCUT2D eigenvalue weighted by Gasteiger charge is 2.38. The third kappa shape index (κ3) is 5.73. The highest BCUT2D eigenvalue weighted by Crippen LogP contribution is 2.40. The van der Waals surface area contributed by atoms with Crippen molar-refractivity contribution in [3.05, 3.63) is 88.5 Å². The van der Waals surface area contributed by atoms with E-state index in [2.05, 4.69) is 58.1 Å². The second-order valence-electron chi connectivity index (χ2n) is 10.9. The smallest absolute Gasteiger partial charge is 0.264 e. The van der Waals surface area contributed by atoms with Gasteiger partial charge in [-0.1, -0.05) is 76.6 Å². The van der Waals surface area contributed by atoms with Gasteiger partial charge in [-0.3, -0.25) is 9.10 Å². The minimum absolute atomic E-state index is 0.113. The summed E-state index contributed by atoms with van der Waals surface area (Å²) in [5, 5.41) is 2.99. The Labute approximate surface area is 227 Å². The van der Waals surface area contributed by atoms with Gasteiger partial charge in [-0.2, -0.15) is 0 Å². The molecular weight excluding hydrogens is 496 g/mol. The molecule has 0 fully saturated rings. The average molecular weight is 535 g/mol. The summed E-state index contributed by atoms with van der Waals surface area (Å²) >= 11 is 0. The summed E-state index contributed by atoms with van der Waals surface area (Å²) in [7, 11) is -3.93. The zero-order chi connectivity index (χ0) is 27.7. The number of hydrogen-bond acceptors (Lipinski definition) is 4. The summed E-state index contributed by atoms with van der Waals surface area (Å²) in [6, 6.07) is 18.7. The SMILES string of the molecule is CCc1ccc(CC)c(CNC(=O)[C@H]2CN(S(=O)(=O)c3ccc(C)cc3)c3cc(C(C)(C)C)ccc3O2)c1. The first-order chi connectivity index (χ1) is 17.9. The molecule has 6 nitrogen and oxygen atoms in total. The van der Waals surface area contributed by atoms with Crippen LogP contribution in [0.4, 0.5) is 5.69 Å². The molecule has 0 bridgehead atoms. The normalized spacial score (nSPS) is 15.5. The van der Waals surface area contributed by atoms with Gasteiger partial charge < -0.3 is 10.1 Å². The molecule has 3 aromatic carbocycles. The molecule has 1 N–H and O–H groups in total. The van der Waals surface area contributed by atoms with E-state index >= 15 is 0 Å². The van der Waals surface area contributed by atoms with E-state index < -0.39 is 16.1 Å². The molecule has 3 aromatic rings. The largest absolute Gasteiger partial charge is 0.476 e. The molecule has 7 heteroatoms. The number of carbonyl (C=O) groups is 1. The Balaban J connectivity index is 1.67. The molecule has 1 amide bonds. The van der Waals surface area contributed by atoms with Gasteiger partial charge in [-0.25, -0.2) is 8.42 Å². The molecule has 202 valence electrons. The van der Waals surface area contributed by atoms with Gasteiger partial charge in [0, 0.05) is 6.54 Å². The number of nitrogens with zero attached hydrogens (tertiary/aromatic N) is 1. The Morgan fingerprint density at radius 3 is 2.32 bits per heavy atom. The van der Waals surface area contributed by atoms with Crippen molar-refractivity contribution < 1.29 is 17.9 Å². The molecule has 0 unspecified atom stereocenters. The molecule has 38 heavy (non-hydrogen) atoms. The number of anilines is 1. The number of fused-ring (bicyclic) bond motifs is 1. The first kappa shape index (κ1) is 27.7. The summed E-state index contributed by atoms with van der Waals surface area (Å²) in [5.41, 5.74) is 5.66. The second-order valence-corrected chi connectivity index (χ2v) is 12.8. The van der Waals surface area contributed by atoms with E-state index in [1.807, 2.05) is 19.1 Å². The molecule has 0 saturated heterocycles. The van der Waals surface area contributed by atoms with Gasteiger partial charge in [-0.15, -0.1) is 0 Å². The summed E-state index contributed by atoms with van der Waals surface area (Å²) in [6.07, 6.45) is 0.791. The fourth-order valence-electron chi connectivity index (χ4n) is 4.62. The van der Waals surface area contributed by atoms with Crippen molar-refractivity contribution >= 4 is 21.6 Å². The first-order valence-corrected chi connectivity index (χ1v) is 14.7. The summed E-state index contributed by atoms with van der Waals surface area (Å²) in [6.45, 7) is 12.6. The van der Waals surface area contributed by atoms with E-state index in [1.54, 1.807) is 30.3 Å². The summed E-state index contributed by atoms with van der Waals surface area (Å²) in [5.74, 6) is 0.0333. The maximum absolute atomic E-state index is 13.9. The standard InChI is InChI=1S/C31H38N2O4S/c1-7-22-11-12-23(8-2)24(17-22)19-32-30(34)29-20-33(38(35,36)26-14-9-21(3)10-15-26)27-18-25(31(4,5)6)13-16-28(27)37-29/h9-18,29H,7-8,19-20H2,1-6H3,(H,32,34)/t29-/m1/s1. The van der Waals surface area contributed by atoms with Crippen LogP contribution in [-0.4, -0.2) is 27.0 Å². The predicted octanol–water partition coefficient (Wildman–Crippen LogP) is 5.69. The Morgan fingerprint density at radius 2 is 1.68 bits per heavy atom. The quantitative estimate of drug-likeness (QED) is 0.423. The number of aryl methyl sites for hydroxylation is 3. The minimum Gasteiger partial charge on any atom is -0.476 e. The lowest BCUT2D eigenvalue weighted by atomic mass is 9.86. The minimum atomic E-state index is -3.93. The van der Waals surface area contributed by atoms with Crippen molar-refractivity contribution in [2.24, 2.45) is 0 Å². The molecule has 0 spiro atoms. The predicted molar refractivity (Wildman–Crippen MR) is 152 cm³/mol. The molecule has 0 aliphatic carbocycles. The second kappa shape index (κ2) is 10.8. The Hall–Kier alpha value is -3.32. The molecule has 1 heterocycles. The van der Waals surface area contributed by atoms with Crippen LogP contribution < -0.4 is 14.4 Å². The van der Waals surface area contributed by atoms with Crippen molar-refractivity contribution in [3.8, 4) is 5.75 Å². The van der Waals surface area contributed by atoms with Crippen molar-refractivity contribution in [2.45, 2.75) is 77.3 Å². The van der Waals surface area contributed by atoms with Crippen LogP contribution in [0.2, 0.25) is 0 Å². The van der Waals surface area contributed by atoms with Crippen LogP contribution in [0.5, 0.6) is 5.75 Å². The number of sulfonamides is 1. The van der Waals surface area contributed by atoms with E-state index in [9.17, 15) is 13.2 Å². The van der Waals surface area contributed by atoms with Crippen LogP contribution >= 0.6 is 0 Å². The Kier molecular flexibility index (Phi) is 7.88. The lowest BCUT2D eigenvalue weighted by Gasteiger charge is -2.36. The average Bonchev–Trinajstić information content (AvgIpc) is 2.90. The van der Waals surface area contributed by atoms with Crippen LogP contribution in [-0.2, 0) is 39.6 Å². The van der Waals surface area contributed by atoms with Crippen LogP contribution in [0.25, 0.3) is 0 Å². The van der Waals surface area contributed by atoms with E-state index in [1.165, 1.54) is 15.4 Å². The Morgan fingerprint density at radius 1 is 0.974 bits per heavy atom. The maximum Gasteiger partial charge on any atom is 0.264 e. The van der Waals surface area contributed by atoms with Crippen molar-refractivity contribution in [1.29, 1.82) is 0 Å². The van der Waals surface area contributed by atoms with E-state index in [0.29, 0.717) is 18.0 Å². The van der Waals surface area contributed by atoms with Crippen LogP contribution in [0, 0.1) is 6.92 Å². The van der Waals surface area contributed by atoms with Gasteiger partial charge >= 0.3 is 0 Å². The lowest BCUT2D eigenvalue weighted by molar-refractivity contribution is -0.127. The highest BCUT2D eigenvalue weighted by atomic mass is 32.2. The van der Waals surface area contributed by atoms with Crippen molar-refractivity contribution in [3.63, 3.8) is 0 Å². The van der Waals surface area contributed by atoms with Gasteiger partial charge in [0.2, 0.25) is 0 Å². The number of hydrogen-bond donors (Lipinski definition) is 1. The van der Waals surface area contributed by atoms with Gasteiger partial charge in [0.15, 0.2) is 6.10 Å². The van der Waals surface area contributed by atoms with Gasteiger partial charge in [0.25, 0.3) is 15.9 Å². The van der Waals surface area contributed by atoms with E-state index in [-0.39, 0.29) is 22.8 Å². The third-order valence-corrected chi connectivity index (χ3v) is 8.90. The van der Waals surface area contributed by atoms with Crippen LogP contribution in [0.15, 0.2) is 65.6 Å². The number of nitrogens with one attached hydrogen (secondary N) is 1. The van der Waals surface area contributed by atoms with Crippen LogP contribution in [0.1, 0.15) is 62.4 Å². The van der Waals surface area contributed by atoms with Crippen molar-refractivity contribution in [1.82, 2.24) is 5.32 Å². The molecule has 1 atom stereocenters. The van der Waals surface area contributed by atoms with Crippen LogP contribution in [0.3, 0.4) is 0 Å². The molecule has 4 rings (SSSR count). The zero-order valence-electron chi connectivity index (χ0n) is 23.2. The fraction of sp³-hybridized carbons (Fsp3) is 0.387. The molecule has 0 radical (unpaired) electrons.